The molecule has 0 radical (unpaired) electrons. The number of hydrogen-bond donors (Lipinski definition) is 3. The van der Waals surface area contributed by atoms with Crippen molar-refractivity contribution in [1.82, 2.24) is 5.32 Å². The highest BCUT2D eigenvalue weighted by Crippen LogP contribution is 2.22. The third-order valence-corrected chi connectivity index (χ3v) is 2.02. The molecule has 84 valence electrons. The molecule has 0 aliphatic heterocycles. The van der Waals surface area contributed by atoms with E-state index in [0.29, 0.717) is 17.7 Å². The molecule has 0 saturated carbocycles. The topological polar surface area (TPSA) is 78.4 Å². The molecule has 0 fully saturated rings. The molecule has 1 rings (SSSR count). The normalized spacial score (nSPS) is 11.2. The number of carboxylic acid groups (broad SMARTS) is 1. The van der Waals surface area contributed by atoms with Crippen molar-refractivity contribution in [1.29, 1.82) is 0 Å². The van der Waals surface area contributed by atoms with E-state index < -0.39 is 12.1 Å². The van der Waals surface area contributed by atoms with Crippen LogP contribution in [0.5, 0.6) is 0 Å². The average Bonchev–Trinajstić information content (AvgIpc) is 2.27. The van der Waals surface area contributed by atoms with Crippen LogP contribution in [0.2, 0.25) is 0 Å². The molecule has 0 spiro atoms. The molecule has 16 heavy (non-hydrogen) atoms. The molecule has 5 heteroatoms. The Kier molecular flexibility index (Phi) is 4.08. The number of carbonyl (C=O) groups is 2. The van der Waals surface area contributed by atoms with Crippen molar-refractivity contribution in [3.8, 4) is 0 Å². The number of nitrogens with one attached hydrogen (secondary N) is 2. The Balaban J connectivity index is 3.02. The lowest BCUT2D eigenvalue weighted by molar-refractivity contribution is -0.105. The van der Waals surface area contributed by atoms with Crippen LogP contribution in [0, 0.1) is 0 Å². The Hall–Kier alpha value is -2.30. The molecule has 3 N–H and O–H groups in total. The number of amides is 2. The van der Waals surface area contributed by atoms with Gasteiger partial charge in [-0.05, 0) is 6.07 Å². The van der Waals surface area contributed by atoms with E-state index in [9.17, 15) is 9.59 Å². The Bertz CT molecular complexity index is 404. The maximum atomic E-state index is 10.6. The van der Waals surface area contributed by atoms with Crippen LogP contribution >= 0.6 is 0 Å². The number of anilines is 1. The van der Waals surface area contributed by atoms with Gasteiger partial charge in [-0.2, -0.15) is 0 Å². The van der Waals surface area contributed by atoms with Gasteiger partial charge >= 0.3 is 6.09 Å². The van der Waals surface area contributed by atoms with Gasteiger partial charge < -0.3 is 15.7 Å². The quantitative estimate of drug-likeness (QED) is 0.522. The second kappa shape index (κ2) is 5.55. The summed E-state index contributed by atoms with van der Waals surface area (Å²) in [6.45, 7) is 3.55. The lowest BCUT2D eigenvalue weighted by Crippen LogP contribution is -2.25. The van der Waals surface area contributed by atoms with Crippen LogP contribution in [0.15, 0.2) is 36.9 Å². The molecule has 2 amide bonds. The van der Waals surface area contributed by atoms with Crippen LogP contribution in [0.3, 0.4) is 0 Å². The lowest BCUT2D eigenvalue weighted by Gasteiger charge is -2.16. The number of benzene rings is 1. The van der Waals surface area contributed by atoms with E-state index in [2.05, 4.69) is 17.2 Å². The van der Waals surface area contributed by atoms with Gasteiger partial charge in [0, 0.05) is 11.3 Å². The summed E-state index contributed by atoms with van der Waals surface area (Å²) in [5, 5.41) is 13.4. The molecule has 1 atom stereocenters. The maximum Gasteiger partial charge on any atom is 0.405 e. The molecule has 0 saturated heterocycles. The zero-order valence-corrected chi connectivity index (χ0v) is 8.51. The minimum absolute atomic E-state index is 0.541. The Morgan fingerprint density at radius 2 is 2.12 bits per heavy atom. The number of rotatable bonds is 5. The number of para-hydroxylation sites is 1. The first-order valence-corrected chi connectivity index (χ1v) is 4.60. The van der Waals surface area contributed by atoms with E-state index in [1.807, 2.05) is 0 Å². The lowest BCUT2D eigenvalue weighted by atomic mass is 10.0. The smallest absolute Gasteiger partial charge is 0.405 e. The van der Waals surface area contributed by atoms with Crippen molar-refractivity contribution in [3.63, 3.8) is 0 Å². The van der Waals surface area contributed by atoms with Gasteiger partial charge in [0.2, 0.25) is 6.41 Å². The molecular formula is C11H12N2O3. The summed E-state index contributed by atoms with van der Waals surface area (Å²) >= 11 is 0. The second-order valence-electron chi connectivity index (χ2n) is 3.01. The van der Waals surface area contributed by atoms with Gasteiger partial charge in [-0.15, -0.1) is 6.58 Å². The molecular weight excluding hydrogens is 208 g/mol. The molecule has 1 aromatic carbocycles. The SMILES string of the molecule is C=CC(NC(=O)O)c1ccccc1NC=O. The second-order valence-corrected chi connectivity index (χ2v) is 3.01. The zero-order valence-electron chi connectivity index (χ0n) is 8.51. The first-order valence-electron chi connectivity index (χ1n) is 4.60. The molecule has 1 aromatic rings. The van der Waals surface area contributed by atoms with Crippen LogP contribution < -0.4 is 10.6 Å². The van der Waals surface area contributed by atoms with Crippen LogP contribution in [-0.2, 0) is 4.79 Å². The fourth-order valence-corrected chi connectivity index (χ4v) is 1.36. The largest absolute Gasteiger partial charge is 0.465 e. The monoisotopic (exact) mass is 220 g/mol. The third kappa shape index (κ3) is 2.84. The Morgan fingerprint density at radius 3 is 2.69 bits per heavy atom. The van der Waals surface area contributed by atoms with Gasteiger partial charge in [0.05, 0.1) is 6.04 Å². The van der Waals surface area contributed by atoms with Crippen molar-refractivity contribution < 1.29 is 14.7 Å². The molecule has 5 nitrogen and oxygen atoms in total. The van der Waals surface area contributed by atoms with E-state index in [4.69, 9.17) is 5.11 Å². The predicted octanol–water partition coefficient (Wildman–Crippen LogP) is 1.75. The summed E-state index contributed by atoms with van der Waals surface area (Å²) in [6.07, 6.45) is 0.852. The molecule has 0 aliphatic rings. The summed E-state index contributed by atoms with van der Waals surface area (Å²) in [5.74, 6) is 0. The van der Waals surface area contributed by atoms with Crippen molar-refractivity contribution >= 4 is 18.2 Å². The average molecular weight is 220 g/mol. The van der Waals surface area contributed by atoms with Gasteiger partial charge in [0.25, 0.3) is 0 Å². The summed E-state index contributed by atoms with van der Waals surface area (Å²) < 4.78 is 0. The molecule has 0 aliphatic carbocycles. The predicted molar refractivity (Wildman–Crippen MR) is 60.2 cm³/mol. The first kappa shape index (κ1) is 11.8. The minimum atomic E-state index is -1.15. The van der Waals surface area contributed by atoms with Crippen LogP contribution in [0.25, 0.3) is 0 Å². The van der Waals surface area contributed by atoms with Crippen molar-refractivity contribution in [2.45, 2.75) is 6.04 Å². The summed E-state index contributed by atoms with van der Waals surface area (Å²) in [4.78, 5) is 20.9. The molecule has 0 bridgehead atoms. The van der Waals surface area contributed by atoms with Gasteiger partial charge in [-0.25, -0.2) is 4.79 Å². The minimum Gasteiger partial charge on any atom is -0.465 e. The summed E-state index contributed by atoms with van der Waals surface area (Å²) in [7, 11) is 0. The van der Waals surface area contributed by atoms with Gasteiger partial charge in [0.15, 0.2) is 0 Å². The Morgan fingerprint density at radius 1 is 1.44 bits per heavy atom. The van der Waals surface area contributed by atoms with Crippen molar-refractivity contribution in [2.75, 3.05) is 5.32 Å². The maximum absolute atomic E-state index is 10.6. The van der Waals surface area contributed by atoms with Gasteiger partial charge in [-0.1, -0.05) is 24.3 Å². The van der Waals surface area contributed by atoms with Gasteiger partial charge in [0.1, 0.15) is 0 Å². The zero-order chi connectivity index (χ0) is 12.0. The summed E-state index contributed by atoms with van der Waals surface area (Å²) in [5.41, 5.74) is 1.20. The van der Waals surface area contributed by atoms with Crippen LogP contribution in [-0.4, -0.2) is 17.6 Å². The first-order chi connectivity index (χ1) is 7.69. The van der Waals surface area contributed by atoms with Crippen LogP contribution in [0.4, 0.5) is 10.5 Å². The fourth-order valence-electron chi connectivity index (χ4n) is 1.36. The van der Waals surface area contributed by atoms with E-state index in [-0.39, 0.29) is 0 Å². The van der Waals surface area contributed by atoms with Gasteiger partial charge in [-0.3, -0.25) is 4.79 Å². The Labute approximate surface area is 92.8 Å². The molecule has 1 unspecified atom stereocenters. The highest BCUT2D eigenvalue weighted by Gasteiger charge is 2.13. The molecule has 0 aromatic heterocycles. The molecule has 0 heterocycles. The highest BCUT2D eigenvalue weighted by atomic mass is 16.4. The summed E-state index contributed by atoms with van der Waals surface area (Å²) in [6, 6.07) is 6.35. The van der Waals surface area contributed by atoms with Crippen molar-refractivity contribution in [3.05, 3.63) is 42.5 Å². The fraction of sp³-hybridized carbons (Fsp3) is 0.0909. The number of hydrogen-bond acceptors (Lipinski definition) is 2. The van der Waals surface area contributed by atoms with Crippen molar-refractivity contribution in [2.24, 2.45) is 0 Å². The van der Waals surface area contributed by atoms with E-state index in [1.54, 1.807) is 24.3 Å². The standard InChI is InChI=1S/C11H12N2O3/c1-2-9(13-11(15)16)8-5-3-4-6-10(8)12-7-14/h2-7,9,13H,1H2,(H,12,14)(H,15,16). The van der Waals surface area contributed by atoms with E-state index in [1.165, 1.54) is 6.08 Å². The third-order valence-electron chi connectivity index (χ3n) is 2.02. The van der Waals surface area contributed by atoms with Crippen LogP contribution in [0.1, 0.15) is 11.6 Å². The number of carbonyl (C=O) groups excluding carboxylic acids is 1. The van der Waals surface area contributed by atoms with E-state index >= 15 is 0 Å². The highest BCUT2D eigenvalue weighted by molar-refractivity contribution is 5.75. The van der Waals surface area contributed by atoms with E-state index in [0.717, 1.165) is 0 Å².